The van der Waals surface area contributed by atoms with Crippen molar-refractivity contribution in [3.8, 4) is 0 Å². The summed E-state index contributed by atoms with van der Waals surface area (Å²) in [5.74, 6) is -0.621. The first kappa shape index (κ1) is 31.3. The van der Waals surface area contributed by atoms with Crippen molar-refractivity contribution in [1.29, 1.82) is 0 Å². The molecule has 0 saturated heterocycles. The van der Waals surface area contributed by atoms with Crippen molar-refractivity contribution < 1.29 is 18.0 Å². The lowest BCUT2D eigenvalue weighted by Crippen LogP contribution is -2.53. The molecule has 1 fully saturated rings. The molecule has 42 heavy (non-hydrogen) atoms. The van der Waals surface area contributed by atoms with Gasteiger partial charge in [0.25, 0.3) is 10.0 Å². The number of anilines is 1. The number of para-hydroxylation sites is 1. The number of nitrogens with one attached hydrogen (secondary N) is 1. The van der Waals surface area contributed by atoms with Crippen LogP contribution in [0.2, 0.25) is 0 Å². The number of carbonyl (C=O) groups excluding carboxylic acids is 2. The van der Waals surface area contributed by atoms with Crippen LogP contribution in [0.1, 0.15) is 62.6 Å². The van der Waals surface area contributed by atoms with E-state index in [1.54, 1.807) is 43.3 Å². The van der Waals surface area contributed by atoms with Crippen LogP contribution < -0.4 is 9.62 Å². The summed E-state index contributed by atoms with van der Waals surface area (Å²) >= 11 is 0. The number of carbonyl (C=O) groups is 2. The molecule has 1 atom stereocenters. The van der Waals surface area contributed by atoms with E-state index >= 15 is 0 Å². The van der Waals surface area contributed by atoms with Crippen molar-refractivity contribution in [2.24, 2.45) is 0 Å². The van der Waals surface area contributed by atoms with E-state index in [0.29, 0.717) is 18.5 Å². The molecule has 0 spiro atoms. The van der Waals surface area contributed by atoms with Crippen LogP contribution in [-0.4, -0.2) is 50.3 Å². The average Bonchev–Trinajstić information content (AvgIpc) is 3.01. The highest BCUT2D eigenvalue weighted by Gasteiger charge is 2.33. The van der Waals surface area contributed by atoms with Gasteiger partial charge in [-0.3, -0.25) is 13.9 Å². The zero-order valence-electron chi connectivity index (χ0n) is 25.0. The van der Waals surface area contributed by atoms with Crippen LogP contribution in [0.25, 0.3) is 0 Å². The van der Waals surface area contributed by atoms with Crippen LogP contribution in [-0.2, 0) is 32.5 Å². The number of sulfonamides is 1. The van der Waals surface area contributed by atoms with Gasteiger partial charge >= 0.3 is 0 Å². The fourth-order valence-electron chi connectivity index (χ4n) is 5.54. The Morgan fingerprint density at radius 2 is 1.55 bits per heavy atom. The summed E-state index contributed by atoms with van der Waals surface area (Å²) in [6.07, 6.45) is 6.36. The van der Waals surface area contributed by atoms with Crippen LogP contribution >= 0.6 is 0 Å². The number of amides is 2. The normalized spacial score (nSPS) is 14.6. The highest BCUT2D eigenvalue weighted by molar-refractivity contribution is 7.92. The highest BCUT2D eigenvalue weighted by Crippen LogP contribution is 2.28. The van der Waals surface area contributed by atoms with Crippen molar-refractivity contribution in [2.75, 3.05) is 17.4 Å². The highest BCUT2D eigenvalue weighted by atomic mass is 32.2. The zero-order valence-corrected chi connectivity index (χ0v) is 25.8. The van der Waals surface area contributed by atoms with E-state index in [-0.39, 0.29) is 23.4 Å². The van der Waals surface area contributed by atoms with Gasteiger partial charge in [0.1, 0.15) is 12.6 Å². The second-order valence-corrected chi connectivity index (χ2v) is 13.0. The third kappa shape index (κ3) is 7.79. The van der Waals surface area contributed by atoms with Gasteiger partial charge in [0.05, 0.1) is 10.6 Å². The van der Waals surface area contributed by atoms with E-state index in [0.717, 1.165) is 42.4 Å². The number of hydrogen-bond acceptors (Lipinski definition) is 4. The monoisotopic (exact) mass is 589 g/mol. The summed E-state index contributed by atoms with van der Waals surface area (Å²) in [5.41, 5.74) is 3.27. The maximum absolute atomic E-state index is 14.2. The van der Waals surface area contributed by atoms with E-state index < -0.39 is 28.5 Å². The smallest absolute Gasteiger partial charge is 0.264 e. The molecule has 1 aliphatic carbocycles. The maximum Gasteiger partial charge on any atom is 0.264 e. The zero-order chi connectivity index (χ0) is 30.1. The average molecular weight is 590 g/mol. The first-order valence-electron chi connectivity index (χ1n) is 15.0. The standard InChI is InChI=1S/C34H43N3O4S/c1-4-29-15-11-12-18-32(29)37(42(40,41)31-21-19-26(2)20-22-31)25-33(38)36(24-23-28-13-7-5-8-14-28)27(3)34(39)35-30-16-9-6-10-17-30/h5,7-8,11-15,18-22,27,30H,4,6,9-10,16-17,23-25H2,1-3H3,(H,35,39). The van der Waals surface area contributed by atoms with Crippen LogP contribution in [0.3, 0.4) is 0 Å². The van der Waals surface area contributed by atoms with E-state index in [2.05, 4.69) is 5.32 Å². The first-order valence-corrected chi connectivity index (χ1v) is 16.5. The van der Waals surface area contributed by atoms with Crippen LogP contribution in [0.5, 0.6) is 0 Å². The second-order valence-electron chi connectivity index (χ2n) is 11.1. The molecule has 0 radical (unpaired) electrons. The minimum absolute atomic E-state index is 0.106. The molecule has 3 aromatic rings. The number of benzene rings is 3. The number of nitrogens with zero attached hydrogens (tertiary/aromatic N) is 2. The number of hydrogen-bond donors (Lipinski definition) is 1. The molecule has 1 aliphatic rings. The van der Waals surface area contributed by atoms with Gasteiger partial charge in [-0.25, -0.2) is 8.42 Å². The van der Waals surface area contributed by atoms with E-state index in [9.17, 15) is 18.0 Å². The molecule has 1 N–H and O–H groups in total. The summed E-state index contributed by atoms with van der Waals surface area (Å²) in [7, 11) is -4.08. The number of rotatable bonds is 12. The quantitative estimate of drug-likeness (QED) is 0.295. The molecular formula is C34H43N3O4S. The van der Waals surface area contributed by atoms with Gasteiger partial charge in [-0.1, -0.05) is 92.4 Å². The van der Waals surface area contributed by atoms with E-state index in [1.807, 2.05) is 56.3 Å². The molecule has 1 saturated carbocycles. The molecule has 0 aliphatic heterocycles. The molecule has 0 heterocycles. The van der Waals surface area contributed by atoms with Gasteiger partial charge in [0.2, 0.25) is 11.8 Å². The SMILES string of the molecule is CCc1ccccc1N(CC(=O)N(CCc1ccccc1)C(C)C(=O)NC1CCCCC1)S(=O)(=O)c1ccc(C)cc1. The minimum atomic E-state index is -4.08. The first-order chi connectivity index (χ1) is 20.2. The molecule has 2 amide bonds. The maximum atomic E-state index is 14.2. The lowest BCUT2D eigenvalue weighted by atomic mass is 9.95. The predicted octanol–water partition coefficient (Wildman–Crippen LogP) is 5.66. The van der Waals surface area contributed by atoms with Crippen molar-refractivity contribution in [2.45, 2.75) is 82.7 Å². The second kappa shape index (κ2) is 14.5. The Morgan fingerprint density at radius 3 is 2.21 bits per heavy atom. The molecule has 3 aromatic carbocycles. The number of aryl methyl sites for hydroxylation is 2. The van der Waals surface area contributed by atoms with Gasteiger partial charge in [-0.2, -0.15) is 0 Å². The summed E-state index contributed by atoms with van der Waals surface area (Å²) in [4.78, 5) is 29.3. The van der Waals surface area contributed by atoms with Crippen LogP contribution in [0, 0.1) is 6.92 Å². The Kier molecular flexibility index (Phi) is 10.8. The molecule has 1 unspecified atom stereocenters. The van der Waals surface area contributed by atoms with Gasteiger partial charge < -0.3 is 10.2 Å². The lowest BCUT2D eigenvalue weighted by molar-refractivity contribution is -0.139. The third-order valence-corrected chi connectivity index (χ3v) is 9.91. The molecule has 0 bridgehead atoms. The van der Waals surface area contributed by atoms with Gasteiger partial charge in [0.15, 0.2) is 0 Å². The van der Waals surface area contributed by atoms with Gasteiger partial charge in [0, 0.05) is 12.6 Å². The van der Waals surface area contributed by atoms with Gasteiger partial charge in [-0.05, 0) is 68.9 Å². The Balaban J connectivity index is 1.66. The van der Waals surface area contributed by atoms with Crippen molar-refractivity contribution in [1.82, 2.24) is 10.2 Å². The fourth-order valence-corrected chi connectivity index (χ4v) is 6.99. The molecule has 224 valence electrons. The fraction of sp³-hybridized carbons (Fsp3) is 0.412. The Bertz CT molecular complexity index is 1440. The topological polar surface area (TPSA) is 86.8 Å². The Hall–Kier alpha value is -3.65. The summed E-state index contributed by atoms with van der Waals surface area (Å²) in [6.45, 7) is 5.47. The third-order valence-electron chi connectivity index (χ3n) is 8.13. The molecule has 7 nitrogen and oxygen atoms in total. The van der Waals surface area contributed by atoms with Crippen LogP contribution in [0.4, 0.5) is 5.69 Å². The predicted molar refractivity (Wildman–Crippen MR) is 168 cm³/mol. The van der Waals surface area contributed by atoms with Gasteiger partial charge in [-0.15, -0.1) is 0 Å². The minimum Gasteiger partial charge on any atom is -0.352 e. The molecule has 8 heteroatoms. The molecular weight excluding hydrogens is 546 g/mol. The molecule has 4 rings (SSSR count). The lowest BCUT2D eigenvalue weighted by Gasteiger charge is -2.33. The van der Waals surface area contributed by atoms with Crippen molar-refractivity contribution in [3.05, 3.63) is 95.6 Å². The van der Waals surface area contributed by atoms with E-state index in [1.165, 1.54) is 15.6 Å². The van der Waals surface area contributed by atoms with Crippen molar-refractivity contribution in [3.63, 3.8) is 0 Å². The summed E-state index contributed by atoms with van der Waals surface area (Å²) in [6, 6.07) is 23.1. The largest absolute Gasteiger partial charge is 0.352 e. The Labute approximate surface area is 251 Å². The van der Waals surface area contributed by atoms with Crippen molar-refractivity contribution >= 4 is 27.5 Å². The summed E-state index contributed by atoms with van der Waals surface area (Å²) in [5, 5.41) is 3.15. The van der Waals surface area contributed by atoms with Crippen LogP contribution in [0.15, 0.2) is 83.8 Å². The molecule has 0 aromatic heterocycles. The summed E-state index contributed by atoms with van der Waals surface area (Å²) < 4.78 is 29.4. The Morgan fingerprint density at radius 1 is 0.905 bits per heavy atom. The van der Waals surface area contributed by atoms with E-state index in [4.69, 9.17) is 0 Å².